The number of thiazole rings is 1. The van der Waals surface area contributed by atoms with Gasteiger partial charge in [0.2, 0.25) is 17.7 Å². The molecule has 4 amide bonds. The summed E-state index contributed by atoms with van der Waals surface area (Å²) < 4.78 is 6.48. The van der Waals surface area contributed by atoms with Crippen LogP contribution in [0.1, 0.15) is 173 Å². The minimum atomic E-state index is -1.06. The molecule has 6 N–H and O–H groups in total. The van der Waals surface area contributed by atoms with Gasteiger partial charge in [0.05, 0.1) is 16.3 Å². The van der Waals surface area contributed by atoms with E-state index < -0.39 is 23.5 Å². The number of carbonyl (C=O) groups is 5. The number of carboxylic acids is 1. The molecule has 0 radical (unpaired) electrons. The quantitative estimate of drug-likeness (QED) is 0.0363. The summed E-state index contributed by atoms with van der Waals surface area (Å²) in [6.07, 6.45) is 14.0. The fourth-order valence-corrected chi connectivity index (χ4v) is 15.8. The SMILES string of the molecule is C=c1c(C)c(O)c(=C)c(C(C)(C)CC(=O)N(C)CCN(CCCCCC(=O)NCCCCC(NC(=O)CC[C@@H](C)[C@H]2CC[C@H]3[C@@H]4CC[C@@H]5C[C@H](O)CC[C@]5(C)[C@H]4CC[C@]23C)C(=O)O)C(=O)Oc2ccc3nc(C#N)sc3c2)c1O. The Balaban J connectivity index is 0.817. The van der Waals surface area contributed by atoms with Crippen molar-refractivity contribution in [3.63, 3.8) is 0 Å². The van der Waals surface area contributed by atoms with Crippen LogP contribution in [0.4, 0.5) is 4.79 Å². The molecule has 2 aromatic carbocycles. The van der Waals surface area contributed by atoms with Gasteiger partial charge < -0.3 is 45.6 Å². The number of carbonyl (C=O) groups excluding carboxylic acids is 4. The zero-order valence-electron chi connectivity index (χ0n) is 48.0. The lowest BCUT2D eigenvalue weighted by atomic mass is 9.44. The summed E-state index contributed by atoms with van der Waals surface area (Å²) in [4.78, 5) is 73.0. The maximum absolute atomic E-state index is 13.7. The summed E-state index contributed by atoms with van der Waals surface area (Å²) in [7, 11) is 1.63. The van der Waals surface area contributed by atoms with E-state index in [2.05, 4.69) is 49.5 Å². The molecule has 0 saturated heterocycles. The van der Waals surface area contributed by atoms with Crippen LogP contribution in [0, 0.1) is 64.6 Å². The molecule has 4 fully saturated rings. The van der Waals surface area contributed by atoms with E-state index in [1.807, 2.05) is 6.07 Å². The maximum atomic E-state index is 13.7. The van der Waals surface area contributed by atoms with Gasteiger partial charge in [-0.1, -0.05) is 54.2 Å². The molecule has 79 heavy (non-hydrogen) atoms. The lowest BCUT2D eigenvalue weighted by molar-refractivity contribution is -0.142. The largest absolute Gasteiger partial charge is 0.507 e. The van der Waals surface area contributed by atoms with Crippen molar-refractivity contribution in [2.24, 2.45) is 46.3 Å². The average Bonchev–Trinajstić information content (AvgIpc) is 4.22. The van der Waals surface area contributed by atoms with Gasteiger partial charge in [0, 0.05) is 85.5 Å². The number of aromatic hydroxyl groups is 2. The molecule has 1 aromatic heterocycles. The molecule has 0 aliphatic heterocycles. The first-order valence-electron chi connectivity index (χ1n) is 29.1. The molecule has 16 nitrogen and oxygen atoms in total. The van der Waals surface area contributed by atoms with Crippen LogP contribution in [0.2, 0.25) is 0 Å². The third kappa shape index (κ3) is 13.9. The highest BCUT2D eigenvalue weighted by atomic mass is 32.1. The Hall–Kier alpha value is -5.73. The van der Waals surface area contributed by atoms with E-state index in [9.17, 15) is 49.7 Å². The topological polar surface area (TPSA) is 243 Å². The number of benzene rings is 2. The molecule has 17 heteroatoms. The Morgan fingerprint density at radius 2 is 1.63 bits per heavy atom. The number of phenols is 2. The standard InChI is InChI=1S/C62H88N6O10S/c1-37(45-21-22-46-44-20-18-41-33-42(69)25-27-61(41,7)47(44)26-28-62(45,46)8)17-24-52(71)65-49(58(75)76)15-12-13-29-64-51(70)16-11-10-14-30-68(59(77)78-43-19-23-48-50(34-43)79-53(36-63)66-48)32-31-67(9)54(72)35-60(5,6)55-40(4)56(73)38(2)39(3)57(55)74/h19,23,34,37,41-42,44-47,49,69,73-74H,3-4,10-18,20-22,24-33,35H2,1-2,5-9H3,(H,64,70)(H,65,71)(H,75,76)/t37-,41-,42-,44+,45-,46+,47+,49?,61+,62-/m1/s1. The van der Waals surface area contributed by atoms with Crippen LogP contribution in [0.5, 0.6) is 17.2 Å². The van der Waals surface area contributed by atoms with Gasteiger partial charge in [0.15, 0.2) is 5.01 Å². The molecule has 0 spiro atoms. The fourth-order valence-electron chi connectivity index (χ4n) is 15.0. The number of aliphatic carboxylic acids is 1. The number of aliphatic hydroxyl groups is 1. The van der Waals surface area contributed by atoms with E-state index in [1.54, 1.807) is 46.0 Å². The zero-order valence-corrected chi connectivity index (χ0v) is 48.8. The molecular weight excluding hydrogens is 1020 g/mol. The van der Waals surface area contributed by atoms with Gasteiger partial charge in [-0.15, -0.1) is 11.3 Å². The predicted octanol–water partition coefficient (Wildman–Crippen LogP) is 9.19. The molecule has 1 unspecified atom stereocenters. The summed E-state index contributed by atoms with van der Waals surface area (Å²) in [5.74, 6) is 2.15. The van der Waals surface area contributed by atoms with Crippen LogP contribution < -0.4 is 25.8 Å². The van der Waals surface area contributed by atoms with Crippen molar-refractivity contribution in [2.45, 2.75) is 181 Å². The second-order valence-electron chi connectivity index (χ2n) is 25.1. The first-order valence-corrected chi connectivity index (χ1v) is 29.9. The Bertz CT molecular complexity index is 2870. The van der Waals surface area contributed by atoms with Crippen LogP contribution >= 0.6 is 11.3 Å². The molecule has 4 aliphatic carbocycles. The number of unbranched alkanes of at least 4 members (excludes halogenated alkanes) is 3. The van der Waals surface area contributed by atoms with E-state index in [-0.39, 0.29) is 101 Å². The summed E-state index contributed by atoms with van der Waals surface area (Å²) in [6, 6.07) is 5.97. The summed E-state index contributed by atoms with van der Waals surface area (Å²) in [5.41, 5.74) is 1.03. The van der Waals surface area contributed by atoms with E-state index in [4.69, 9.17) is 4.74 Å². The lowest BCUT2D eigenvalue weighted by Crippen LogP contribution is -2.54. The lowest BCUT2D eigenvalue weighted by Gasteiger charge is -2.61. The van der Waals surface area contributed by atoms with E-state index in [1.165, 1.54) is 59.7 Å². The zero-order chi connectivity index (χ0) is 57.6. The molecule has 432 valence electrons. The van der Waals surface area contributed by atoms with E-state index in [0.29, 0.717) is 95.5 Å². The van der Waals surface area contributed by atoms with Crippen LogP contribution in [0.15, 0.2) is 18.2 Å². The van der Waals surface area contributed by atoms with Crippen molar-refractivity contribution in [3.05, 3.63) is 44.8 Å². The number of nitrogens with one attached hydrogen (secondary N) is 2. The molecule has 4 aliphatic rings. The Morgan fingerprint density at radius 3 is 2.37 bits per heavy atom. The molecule has 4 saturated carbocycles. The maximum Gasteiger partial charge on any atom is 0.415 e. The molecule has 3 aromatic rings. The van der Waals surface area contributed by atoms with Crippen LogP contribution in [-0.4, -0.2) is 110 Å². The predicted molar refractivity (Wildman–Crippen MR) is 307 cm³/mol. The third-order valence-corrected chi connectivity index (χ3v) is 20.6. The van der Waals surface area contributed by atoms with Crippen molar-refractivity contribution in [1.29, 1.82) is 5.26 Å². The van der Waals surface area contributed by atoms with Gasteiger partial charge in [0.25, 0.3) is 0 Å². The number of nitriles is 1. The Labute approximate surface area is 471 Å². The van der Waals surface area contributed by atoms with Gasteiger partial charge in [-0.2, -0.15) is 5.26 Å². The monoisotopic (exact) mass is 1110 g/mol. The van der Waals surface area contributed by atoms with Gasteiger partial charge in [-0.3, -0.25) is 14.4 Å². The number of phenolic OH excluding ortho intramolecular Hbond substituents is 2. The number of nitrogens with zero attached hydrogens (tertiary/aromatic N) is 4. The summed E-state index contributed by atoms with van der Waals surface area (Å²) in [6.45, 7) is 21.3. The summed E-state index contributed by atoms with van der Waals surface area (Å²) in [5, 5.41) is 58.0. The first kappa shape index (κ1) is 60.9. The number of carboxylic acid groups (broad SMARTS) is 1. The van der Waals surface area contributed by atoms with Crippen LogP contribution in [0.3, 0.4) is 0 Å². The number of aliphatic hydroxyl groups excluding tert-OH is 1. The second kappa shape index (κ2) is 25.8. The number of fused-ring (bicyclic) bond motifs is 6. The fraction of sp³-hybridized carbons (Fsp3) is 0.661. The van der Waals surface area contributed by atoms with Gasteiger partial charge >= 0.3 is 12.1 Å². The van der Waals surface area contributed by atoms with Gasteiger partial charge in [-0.05, 0) is 162 Å². The number of ether oxygens (including phenoxy) is 1. The molecule has 7 rings (SSSR count). The summed E-state index contributed by atoms with van der Waals surface area (Å²) >= 11 is 1.18. The van der Waals surface area contributed by atoms with E-state index >= 15 is 0 Å². The van der Waals surface area contributed by atoms with Crippen LogP contribution in [0.25, 0.3) is 23.4 Å². The number of hydrogen-bond acceptors (Lipinski definition) is 12. The van der Waals surface area contributed by atoms with Crippen molar-refractivity contribution >= 4 is 64.5 Å². The Morgan fingerprint density at radius 1 is 0.899 bits per heavy atom. The smallest absolute Gasteiger partial charge is 0.415 e. The molecular formula is C62H88N6O10S. The van der Waals surface area contributed by atoms with Crippen molar-refractivity contribution < 1.29 is 49.1 Å². The third-order valence-electron chi connectivity index (χ3n) is 19.7. The van der Waals surface area contributed by atoms with Crippen molar-refractivity contribution in [2.75, 3.05) is 33.2 Å². The minimum absolute atomic E-state index is 0.0370. The molecule has 0 bridgehead atoms. The average molecular weight is 1110 g/mol. The number of amides is 4. The van der Waals surface area contributed by atoms with Gasteiger partial charge in [0.1, 0.15) is 29.4 Å². The number of hydrogen-bond donors (Lipinski definition) is 6. The van der Waals surface area contributed by atoms with Crippen LogP contribution in [-0.2, 0) is 24.6 Å². The van der Waals surface area contributed by atoms with E-state index in [0.717, 1.165) is 37.5 Å². The van der Waals surface area contributed by atoms with Crippen molar-refractivity contribution in [3.8, 4) is 23.3 Å². The number of aromatic nitrogens is 1. The minimum Gasteiger partial charge on any atom is -0.507 e. The number of likely N-dealkylation sites (N-methyl/N-ethyl adjacent to an activating group) is 1. The van der Waals surface area contributed by atoms with Gasteiger partial charge in [-0.25, -0.2) is 14.6 Å². The molecule has 1 heterocycles. The highest BCUT2D eigenvalue weighted by molar-refractivity contribution is 7.19. The first-order chi connectivity index (χ1) is 37.4. The van der Waals surface area contributed by atoms with Crippen molar-refractivity contribution in [1.82, 2.24) is 25.4 Å². The number of rotatable bonds is 24. The second-order valence-corrected chi connectivity index (χ2v) is 26.1. The highest BCUT2D eigenvalue weighted by Gasteiger charge is 2.60. The Kier molecular flexibility index (Phi) is 19.9. The highest BCUT2D eigenvalue weighted by Crippen LogP contribution is 2.68. The molecule has 10 atom stereocenters. The normalized spacial score (nSPS) is 25.2.